The van der Waals surface area contributed by atoms with Gasteiger partial charge in [0.2, 0.25) is 5.91 Å². The zero-order chi connectivity index (χ0) is 10.3. The summed E-state index contributed by atoms with van der Waals surface area (Å²) in [4.78, 5) is 11.2. The van der Waals surface area contributed by atoms with Crippen molar-refractivity contribution >= 4 is 50.3 Å². The number of halogens is 1. The molecule has 1 amide bonds. The summed E-state index contributed by atoms with van der Waals surface area (Å²) < 4.78 is 11.7. The molecule has 0 radical (unpaired) electrons. The first-order valence-electron chi connectivity index (χ1n) is 3.66. The van der Waals surface area contributed by atoms with E-state index in [2.05, 4.69) is 21.0 Å². The van der Waals surface area contributed by atoms with Gasteiger partial charge in [0.05, 0.1) is 0 Å². The Morgan fingerprint density at radius 2 is 2.00 bits per heavy atom. The summed E-state index contributed by atoms with van der Waals surface area (Å²) >= 11 is 5.65. The quantitative estimate of drug-likeness (QED) is 0.605. The molecule has 0 heterocycles. The number of nitrogens with one attached hydrogen (secondary N) is 1. The lowest BCUT2D eigenvalue weighted by molar-refractivity contribution is -0.119. The van der Waals surface area contributed by atoms with Crippen LogP contribution in [-0.4, -0.2) is 23.7 Å². The van der Waals surface area contributed by atoms with E-state index in [4.69, 9.17) is 0 Å². The molecule has 0 rings (SSSR count). The molecule has 0 bridgehead atoms. The number of hydrogen-bond acceptors (Lipinski definition) is 4. The molecule has 7 heteroatoms. The molecule has 0 aliphatic rings. The molecule has 0 fully saturated rings. The molecule has 78 valence electrons. The third-order valence-electron chi connectivity index (χ3n) is 1.28. The van der Waals surface area contributed by atoms with Crippen molar-refractivity contribution in [3.63, 3.8) is 0 Å². The Balaban J connectivity index is 3.95. The van der Waals surface area contributed by atoms with Crippen LogP contribution in [0.4, 0.5) is 0 Å². The van der Waals surface area contributed by atoms with E-state index in [-0.39, 0.29) is 5.91 Å². The fraction of sp³-hybridized carbons (Fsp3) is 0.833. The van der Waals surface area contributed by atoms with Gasteiger partial charge >= 0.3 is 0 Å². The number of amides is 1. The van der Waals surface area contributed by atoms with E-state index < -0.39 is 5.70 Å². The van der Waals surface area contributed by atoms with Gasteiger partial charge in [0, 0.05) is 11.8 Å². The fourth-order valence-corrected chi connectivity index (χ4v) is 4.58. The zero-order valence-corrected chi connectivity index (χ0v) is 11.7. The fourth-order valence-electron chi connectivity index (χ4n) is 0.602. The van der Waals surface area contributed by atoms with Crippen molar-refractivity contribution in [1.82, 2.24) is 5.09 Å². The molecule has 3 nitrogen and oxygen atoms in total. The maximum absolute atomic E-state index is 11.7. The van der Waals surface area contributed by atoms with E-state index in [1.807, 2.05) is 0 Å². The van der Waals surface area contributed by atoms with Gasteiger partial charge in [-0.25, -0.2) is 0 Å². The first-order chi connectivity index (χ1) is 6.08. The summed E-state index contributed by atoms with van der Waals surface area (Å²) in [5.74, 6) is -0.133. The van der Waals surface area contributed by atoms with Crippen LogP contribution in [0.25, 0.3) is 0 Å². The Hall–Kier alpha value is 0.880. The predicted molar refractivity (Wildman–Crippen MR) is 65.8 cm³/mol. The minimum absolute atomic E-state index is 0.133. The van der Waals surface area contributed by atoms with Gasteiger partial charge in [-0.2, -0.15) is 0 Å². The van der Waals surface area contributed by atoms with Crippen molar-refractivity contribution in [2.24, 2.45) is 0 Å². The second-order valence-corrected chi connectivity index (χ2v) is 10.9. The van der Waals surface area contributed by atoms with Gasteiger partial charge in [-0.3, -0.25) is 14.4 Å². The summed E-state index contributed by atoms with van der Waals surface area (Å²) in [7, 11) is 0. The van der Waals surface area contributed by atoms with E-state index in [0.717, 1.165) is 11.8 Å². The smallest absolute Gasteiger partial charge is 0.279 e. The van der Waals surface area contributed by atoms with Gasteiger partial charge in [-0.05, 0) is 18.9 Å². The van der Waals surface area contributed by atoms with E-state index in [1.54, 1.807) is 12.5 Å². The summed E-state index contributed by atoms with van der Waals surface area (Å²) in [5, 5.41) is 3.34. The molecule has 0 aliphatic heterocycles. The van der Waals surface area contributed by atoms with Crippen LogP contribution in [0.2, 0.25) is 0 Å². The van der Waals surface area contributed by atoms with E-state index in [0.29, 0.717) is 6.42 Å². The number of carbonyl (C=O) groups excluding carboxylic acids is 1. The predicted octanol–water partition coefficient (Wildman–Crippen LogP) is 3.11. The van der Waals surface area contributed by atoms with Gasteiger partial charge in [0.1, 0.15) is 0 Å². The Morgan fingerprint density at radius 3 is 2.38 bits per heavy atom. The highest BCUT2D eigenvalue weighted by atomic mass is 79.9. The average molecular weight is 306 g/mol. The van der Waals surface area contributed by atoms with Gasteiger partial charge in [-0.1, -0.05) is 38.7 Å². The third-order valence-corrected chi connectivity index (χ3v) is 9.44. The number of carbonyl (C=O) groups is 1. The third kappa shape index (κ3) is 6.05. The van der Waals surface area contributed by atoms with E-state index in [1.165, 1.54) is 22.8 Å². The lowest BCUT2D eigenvalue weighted by Gasteiger charge is -2.13. The van der Waals surface area contributed by atoms with Crippen LogP contribution in [0.5, 0.6) is 0 Å². The standard InChI is InChI=1S/C6H13BrNO2PS2/c1-12-11(10,13-2)8-6(9)4-3-5-7/h3-5H2,1-2H3,(H,8,9,10). The lowest BCUT2D eigenvalue weighted by atomic mass is 10.3. The minimum Gasteiger partial charge on any atom is -0.291 e. The Kier molecular flexibility index (Phi) is 7.70. The maximum atomic E-state index is 11.7. The van der Waals surface area contributed by atoms with Crippen LogP contribution in [0.15, 0.2) is 0 Å². The molecule has 0 spiro atoms. The van der Waals surface area contributed by atoms with Crippen molar-refractivity contribution < 1.29 is 9.36 Å². The van der Waals surface area contributed by atoms with Crippen LogP contribution < -0.4 is 5.09 Å². The van der Waals surface area contributed by atoms with Crippen LogP contribution >= 0.6 is 44.4 Å². The summed E-state index contributed by atoms with van der Waals surface area (Å²) in [6.45, 7) is 0. The Morgan fingerprint density at radius 1 is 1.46 bits per heavy atom. The van der Waals surface area contributed by atoms with E-state index in [9.17, 15) is 9.36 Å². The first kappa shape index (κ1) is 13.9. The van der Waals surface area contributed by atoms with Gasteiger partial charge in [0.25, 0.3) is 5.70 Å². The SMILES string of the molecule is CSP(=O)(NC(=O)CCCBr)SC. The van der Waals surface area contributed by atoms with Crippen molar-refractivity contribution in [2.45, 2.75) is 12.8 Å². The molecule has 0 aromatic heterocycles. The number of hydrogen-bond donors (Lipinski definition) is 1. The lowest BCUT2D eigenvalue weighted by Crippen LogP contribution is -2.17. The van der Waals surface area contributed by atoms with Crippen molar-refractivity contribution in [3.8, 4) is 0 Å². The summed E-state index contributed by atoms with van der Waals surface area (Å²) in [6.07, 6.45) is 4.68. The molecule has 0 aliphatic carbocycles. The highest BCUT2D eigenvalue weighted by Gasteiger charge is 2.21. The summed E-state index contributed by atoms with van der Waals surface area (Å²) in [6, 6.07) is 0. The second kappa shape index (κ2) is 7.21. The molecule has 1 N–H and O–H groups in total. The molecular formula is C6H13BrNO2PS2. The highest BCUT2D eigenvalue weighted by molar-refractivity contribution is 9.09. The largest absolute Gasteiger partial charge is 0.291 e. The van der Waals surface area contributed by atoms with Gasteiger partial charge < -0.3 is 0 Å². The molecule has 13 heavy (non-hydrogen) atoms. The van der Waals surface area contributed by atoms with E-state index >= 15 is 0 Å². The molecule has 0 aromatic rings. The van der Waals surface area contributed by atoms with Crippen LogP contribution in [-0.2, 0) is 9.36 Å². The highest BCUT2D eigenvalue weighted by Crippen LogP contribution is 2.63. The van der Waals surface area contributed by atoms with Crippen molar-refractivity contribution in [1.29, 1.82) is 0 Å². The summed E-state index contributed by atoms with van der Waals surface area (Å²) in [5.41, 5.74) is -2.56. The van der Waals surface area contributed by atoms with Crippen LogP contribution in [0.1, 0.15) is 12.8 Å². The van der Waals surface area contributed by atoms with Crippen molar-refractivity contribution in [2.75, 3.05) is 17.8 Å². The Labute approximate surface area is 95.2 Å². The number of alkyl halides is 1. The normalized spacial score (nSPS) is 11.3. The molecule has 0 unspecified atom stereocenters. The second-order valence-electron chi connectivity index (χ2n) is 2.19. The molecule has 0 atom stereocenters. The minimum atomic E-state index is -2.56. The molecule has 0 saturated heterocycles. The van der Waals surface area contributed by atoms with Crippen LogP contribution in [0, 0.1) is 0 Å². The van der Waals surface area contributed by atoms with Crippen molar-refractivity contribution in [3.05, 3.63) is 0 Å². The first-order valence-corrected chi connectivity index (χ1v) is 10.2. The Bertz CT molecular complexity index is 207. The number of rotatable bonds is 6. The maximum Gasteiger partial charge on any atom is 0.279 e. The monoisotopic (exact) mass is 305 g/mol. The zero-order valence-electron chi connectivity index (χ0n) is 7.58. The van der Waals surface area contributed by atoms with Gasteiger partial charge in [-0.15, -0.1) is 0 Å². The molecular weight excluding hydrogens is 293 g/mol. The molecule has 0 saturated carbocycles. The topological polar surface area (TPSA) is 46.2 Å². The molecule has 0 aromatic carbocycles. The van der Waals surface area contributed by atoms with Gasteiger partial charge in [0.15, 0.2) is 0 Å². The average Bonchev–Trinajstić information content (AvgIpc) is 2.14. The van der Waals surface area contributed by atoms with Crippen LogP contribution in [0.3, 0.4) is 0 Å².